The molecule has 0 radical (unpaired) electrons. The second-order valence-electron chi connectivity index (χ2n) is 5.10. The molecule has 1 aromatic rings. The maximum atomic E-state index is 13.3. The second-order valence-corrected chi connectivity index (χ2v) is 5.95. The van der Waals surface area contributed by atoms with E-state index in [4.69, 9.17) is 10.5 Å². The highest BCUT2D eigenvalue weighted by Crippen LogP contribution is 2.28. The van der Waals surface area contributed by atoms with E-state index >= 15 is 0 Å². The van der Waals surface area contributed by atoms with Gasteiger partial charge in [-0.3, -0.25) is 4.79 Å². The molecule has 1 saturated carbocycles. The number of likely N-dealkylation sites (N-methyl/N-ethyl adjacent to an activating group) is 1. The first-order valence-corrected chi connectivity index (χ1v) is 7.36. The zero-order valence-electron chi connectivity index (χ0n) is 11.4. The fourth-order valence-corrected chi connectivity index (χ4v) is 2.26. The summed E-state index contributed by atoms with van der Waals surface area (Å²) in [6, 6.07) is 2.56. The van der Waals surface area contributed by atoms with E-state index < -0.39 is 5.82 Å². The van der Waals surface area contributed by atoms with Crippen molar-refractivity contribution in [3.8, 4) is 0 Å². The minimum atomic E-state index is -0.538. The number of nitrogens with zero attached hydrogens (tertiary/aromatic N) is 1. The average Bonchev–Trinajstić information content (AvgIpc) is 3.22. The Morgan fingerprint density at radius 2 is 2.25 bits per heavy atom. The smallest absolute Gasteiger partial charge is 0.254 e. The van der Waals surface area contributed by atoms with Gasteiger partial charge in [-0.15, -0.1) is 0 Å². The van der Waals surface area contributed by atoms with Crippen LogP contribution in [0.4, 0.5) is 10.1 Å². The minimum Gasteiger partial charge on any atom is -0.396 e. The Bertz CT molecular complexity index is 506. The molecule has 0 aromatic heterocycles. The van der Waals surface area contributed by atoms with Crippen LogP contribution in [0.3, 0.4) is 0 Å². The fraction of sp³-hybridized carbons (Fsp3) is 0.500. The summed E-state index contributed by atoms with van der Waals surface area (Å²) in [6.45, 7) is 1.78. The number of amides is 1. The summed E-state index contributed by atoms with van der Waals surface area (Å²) in [4.78, 5) is 13.8. The lowest BCUT2D eigenvalue weighted by Gasteiger charge is -2.18. The number of nitrogens with two attached hydrogens (primary N) is 1. The van der Waals surface area contributed by atoms with E-state index in [-0.39, 0.29) is 11.6 Å². The van der Waals surface area contributed by atoms with Gasteiger partial charge in [-0.2, -0.15) is 0 Å². The highest BCUT2D eigenvalue weighted by molar-refractivity contribution is 9.10. The molecule has 0 aliphatic heterocycles. The first-order chi connectivity index (χ1) is 9.49. The third-order valence-corrected chi connectivity index (χ3v) is 3.94. The lowest BCUT2D eigenvalue weighted by molar-refractivity contribution is 0.0680. The molecule has 1 aliphatic carbocycles. The normalized spacial score (nSPS) is 14.3. The lowest BCUT2D eigenvalue weighted by Crippen LogP contribution is -2.30. The van der Waals surface area contributed by atoms with E-state index in [0.29, 0.717) is 29.1 Å². The largest absolute Gasteiger partial charge is 0.396 e. The molecule has 0 unspecified atom stereocenters. The molecule has 6 heteroatoms. The number of benzene rings is 1. The van der Waals surface area contributed by atoms with Gasteiger partial charge in [-0.05, 0) is 46.8 Å². The van der Waals surface area contributed by atoms with Crippen LogP contribution in [0.25, 0.3) is 0 Å². The first kappa shape index (κ1) is 15.3. The summed E-state index contributed by atoms with van der Waals surface area (Å²) in [5.41, 5.74) is 5.82. The number of ether oxygens (including phenoxy) is 1. The zero-order chi connectivity index (χ0) is 14.7. The number of hydrogen-bond acceptors (Lipinski definition) is 3. The third-order valence-electron chi connectivity index (χ3n) is 3.28. The molecule has 0 spiro atoms. The monoisotopic (exact) mass is 344 g/mol. The van der Waals surface area contributed by atoms with Crippen LogP contribution in [0.5, 0.6) is 0 Å². The Morgan fingerprint density at radius 3 is 2.90 bits per heavy atom. The molecule has 1 amide bonds. The molecule has 2 rings (SSSR count). The Kier molecular flexibility index (Phi) is 4.99. The quantitative estimate of drug-likeness (QED) is 0.637. The molecule has 2 N–H and O–H groups in total. The molecule has 0 bridgehead atoms. The standard InChI is InChI=1S/C14H18BrFN2O2/c1-18(4-5-20-8-9-2-3-9)14(19)10-6-13(17)12(16)7-11(10)15/h6-7,9H,2-5,8,17H2,1H3. The fourth-order valence-electron chi connectivity index (χ4n) is 1.77. The Labute approximate surface area is 126 Å². The van der Waals surface area contributed by atoms with Crippen LogP contribution in [0.15, 0.2) is 16.6 Å². The molecule has 110 valence electrons. The number of carbonyl (C=O) groups excluding carboxylic acids is 1. The number of anilines is 1. The predicted molar refractivity (Wildman–Crippen MR) is 79.0 cm³/mol. The molecule has 20 heavy (non-hydrogen) atoms. The number of carbonyl (C=O) groups is 1. The Balaban J connectivity index is 1.89. The summed E-state index contributed by atoms with van der Waals surface area (Å²) < 4.78 is 19.2. The zero-order valence-corrected chi connectivity index (χ0v) is 13.0. The SMILES string of the molecule is CN(CCOCC1CC1)C(=O)c1cc(N)c(F)cc1Br. The van der Waals surface area contributed by atoms with Crippen molar-refractivity contribution in [2.24, 2.45) is 5.92 Å². The van der Waals surface area contributed by atoms with Crippen molar-refractivity contribution >= 4 is 27.5 Å². The van der Waals surface area contributed by atoms with Crippen molar-refractivity contribution < 1.29 is 13.9 Å². The van der Waals surface area contributed by atoms with Crippen LogP contribution in [0.2, 0.25) is 0 Å². The summed E-state index contributed by atoms with van der Waals surface area (Å²) >= 11 is 3.19. The Morgan fingerprint density at radius 1 is 1.55 bits per heavy atom. The minimum absolute atomic E-state index is 0.0325. The summed E-state index contributed by atoms with van der Waals surface area (Å²) in [7, 11) is 1.69. The second kappa shape index (κ2) is 6.54. The van der Waals surface area contributed by atoms with Crippen LogP contribution < -0.4 is 5.73 Å². The molecule has 1 fully saturated rings. The summed E-state index contributed by atoms with van der Waals surface area (Å²) in [5.74, 6) is -0.0375. The molecule has 1 aliphatic rings. The van der Waals surface area contributed by atoms with Crippen molar-refractivity contribution in [2.45, 2.75) is 12.8 Å². The van der Waals surface area contributed by atoms with Gasteiger partial charge in [-0.25, -0.2) is 4.39 Å². The van der Waals surface area contributed by atoms with E-state index in [0.717, 1.165) is 6.61 Å². The molecular weight excluding hydrogens is 327 g/mol. The molecule has 0 atom stereocenters. The molecule has 0 heterocycles. The lowest BCUT2D eigenvalue weighted by atomic mass is 10.1. The number of halogens is 2. The van der Waals surface area contributed by atoms with Gasteiger partial charge < -0.3 is 15.4 Å². The van der Waals surface area contributed by atoms with Gasteiger partial charge in [-0.1, -0.05) is 0 Å². The van der Waals surface area contributed by atoms with E-state index in [1.54, 1.807) is 11.9 Å². The van der Waals surface area contributed by atoms with Crippen LogP contribution in [0, 0.1) is 11.7 Å². The molecule has 1 aromatic carbocycles. The maximum Gasteiger partial charge on any atom is 0.254 e. The third kappa shape index (κ3) is 3.93. The van der Waals surface area contributed by atoms with Crippen molar-refractivity contribution in [1.82, 2.24) is 4.90 Å². The first-order valence-electron chi connectivity index (χ1n) is 6.56. The van der Waals surface area contributed by atoms with Crippen LogP contribution >= 0.6 is 15.9 Å². The van der Waals surface area contributed by atoms with Gasteiger partial charge in [0.15, 0.2) is 0 Å². The van der Waals surface area contributed by atoms with Crippen molar-refractivity contribution in [3.63, 3.8) is 0 Å². The van der Waals surface area contributed by atoms with Crippen molar-refractivity contribution in [1.29, 1.82) is 0 Å². The molecule has 4 nitrogen and oxygen atoms in total. The van der Waals surface area contributed by atoms with Gasteiger partial charge in [0.25, 0.3) is 5.91 Å². The van der Waals surface area contributed by atoms with Crippen LogP contribution in [-0.2, 0) is 4.74 Å². The maximum absolute atomic E-state index is 13.3. The van der Waals surface area contributed by atoms with Gasteiger partial charge >= 0.3 is 0 Å². The molecule has 0 saturated heterocycles. The van der Waals surface area contributed by atoms with E-state index in [1.165, 1.54) is 25.0 Å². The van der Waals surface area contributed by atoms with Gasteiger partial charge in [0, 0.05) is 24.7 Å². The van der Waals surface area contributed by atoms with Gasteiger partial charge in [0.05, 0.1) is 17.9 Å². The highest BCUT2D eigenvalue weighted by atomic mass is 79.9. The van der Waals surface area contributed by atoms with E-state index in [9.17, 15) is 9.18 Å². The average molecular weight is 345 g/mol. The van der Waals surface area contributed by atoms with Gasteiger partial charge in [0.2, 0.25) is 0 Å². The van der Waals surface area contributed by atoms with Crippen LogP contribution in [-0.4, -0.2) is 37.6 Å². The van der Waals surface area contributed by atoms with Crippen molar-refractivity contribution in [2.75, 3.05) is 32.5 Å². The summed E-state index contributed by atoms with van der Waals surface area (Å²) in [5, 5.41) is 0. The number of hydrogen-bond donors (Lipinski definition) is 1. The van der Waals surface area contributed by atoms with E-state index in [2.05, 4.69) is 15.9 Å². The van der Waals surface area contributed by atoms with Crippen LogP contribution in [0.1, 0.15) is 23.2 Å². The topological polar surface area (TPSA) is 55.6 Å². The highest BCUT2D eigenvalue weighted by Gasteiger charge is 2.21. The summed E-state index contributed by atoms with van der Waals surface area (Å²) in [6.07, 6.45) is 2.49. The number of nitrogen functional groups attached to an aromatic ring is 1. The van der Waals surface area contributed by atoms with Gasteiger partial charge in [0.1, 0.15) is 5.82 Å². The molecular formula is C14H18BrFN2O2. The van der Waals surface area contributed by atoms with Crippen molar-refractivity contribution in [3.05, 3.63) is 28.0 Å². The Hall–Kier alpha value is -1.14. The van der Waals surface area contributed by atoms with E-state index in [1.807, 2.05) is 0 Å². The number of rotatable bonds is 6. The predicted octanol–water partition coefficient (Wildman–Crippen LogP) is 2.67.